The van der Waals surface area contributed by atoms with Crippen molar-refractivity contribution in [3.63, 3.8) is 0 Å². The molecule has 3 rings (SSSR count). The highest BCUT2D eigenvalue weighted by atomic mass is 32.2. The second kappa shape index (κ2) is 7.36. The Balaban J connectivity index is 1.85. The molecule has 0 bridgehead atoms. The quantitative estimate of drug-likeness (QED) is 0.486. The fourth-order valence-corrected chi connectivity index (χ4v) is 3.41. The van der Waals surface area contributed by atoms with E-state index in [1.807, 2.05) is 55.7 Å². The molecule has 0 atom stereocenters. The predicted octanol–water partition coefficient (Wildman–Crippen LogP) is 3.34. The van der Waals surface area contributed by atoms with Crippen LogP contribution in [0.3, 0.4) is 0 Å². The summed E-state index contributed by atoms with van der Waals surface area (Å²) in [4.78, 5) is 11.6. The fourth-order valence-electron chi connectivity index (χ4n) is 2.51. The molecule has 1 heterocycles. The van der Waals surface area contributed by atoms with Gasteiger partial charge in [-0.3, -0.25) is 4.79 Å². The van der Waals surface area contributed by atoms with E-state index in [0.717, 1.165) is 16.8 Å². The lowest BCUT2D eigenvalue weighted by atomic mass is 10.1. The van der Waals surface area contributed by atoms with Crippen molar-refractivity contribution >= 4 is 29.8 Å². The minimum atomic E-state index is -0.235. The Morgan fingerprint density at radius 3 is 2.62 bits per heavy atom. The zero-order valence-corrected chi connectivity index (χ0v) is 14.5. The molecule has 5 heteroatoms. The highest BCUT2D eigenvalue weighted by Gasteiger charge is 2.27. The monoisotopic (exact) mass is 339 g/mol. The van der Waals surface area contributed by atoms with Gasteiger partial charge in [-0.25, -0.2) is 0 Å². The third-order valence-electron chi connectivity index (χ3n) is 3.85. The van der Waals surface area contributed by atoms with Gasteiger partial charge >= 0.3 is 5.97 Å². The van der Waals surface area contributed by atoms with Crippen LogP contribution in [0.5, 0.6) is 0 Å². The van der Waals surface area contributed by atoms with E-state index in [1.54, 1.807) is 11.9 Å². The normalized spacial score (nSPS) is 15.5. The van der Waals surface area contributed by atoms with Crippen LogP contribution in [0, 0.1) is 0 Å². The standard InChI is InChI=1S/C19H19N2O2S/c1-20-18(15-8-4-3-5-9-15)14-24-21(20)13-17-11-7-6-10-16(17)12-19(22)23-2/h3-11,13-14H,12H2,1-2H3/q+1. The van der Waals surface area contributed by atoms with Crippen molar-refractivity contribution < 1.29 is 13.6 Å². The molecule has 2 aromatic rings. The summed E-state index contributed by atoms with van der Waals surface area (Å²) in [5.41, 5.74) is 4.27. The van der Waals surface area contributed by atoms with E-state index in [4.69, 9.17) is 4.74 Å². The first-order valence-electron chi connectivity index (χ1n) is 7.64. The summed E-state index contributed by atoms with van der Waals surface area (Å²) in [6.07, 6.45) is 2.31. The molecule has 0 radical (unpaired) electrons. The third kappa shape index (κ3) is 3.51. The van der Waals surface area contributed by atoms with Crippen molar-refractivity contribution in [1.82, 2.24) is 5.01 Å². The van der Waals surface area contributed by atoms with Crippen LogP contribution in [-0.4, -0.2) is 35.4 Å². The van der Waals surface area contributed by atoms with Crippen LogP contribution in [0.4, 0.5) is 0 Å². The van der Waals surface area contributed by atoms with Crippen molar-refractivity contribution in [2.75, 3.05) is 14.2 Å². The molecular formula is C19H19N2O2S+. The van der Waals surface area contributed by atoms with Gasteiger partial charge in [0.1, 0.15) is 5.70 Å². The molecule has 0 aromatic heterocycles. The summed E-state index contributed by atoms with van der Waals surface area (Å²) >= 11 is 1.61. The Hall–Kier alpha value is -2.53. The Morgan fingerprint density at radius 2 is 1.88 bits per heavy atom. The average molecular weight is 339 g/mol. The van der Waals surface area contributed by atoms with Crippen molar-refractivity contribution in [2.24, 2.45) is 0 Å². The molecule has 0 N–H and O–H groups in total. The second-order valence-electron chi connectivity index (χ2n) is 5.38. The first-order valence-corrected chi connectivity index (χ1v) is 8.47. The van der Waals surface area contributed by atoms with Gasteiger partial charge in [0.25, 0.3) is 0 Å². The van der Waals surface area contributed by atoms with Gasteiger partial charge in [-0.15, -0.1) is 5.01 Å². The van der Waals surface area contributed by atoms with E-state index in [0.29, 0.717) is 0 Å². The Kier molecular flexibility index (Phi) is 5.01. The minimum absolute atomic E-state index is 0.235. The number of carbonyl (C=O) groups excluding carboxylic acids is 1. The highest BCUT2D eigenvalue weighted by Crippen LogP contribution is 2.30. The first-order chi connectivity index (χ1) is 11.7. The number of methoxy groups -OCH3 is 1. The Morgan fingerprint density at radius 1 is 1.17 bits per heavy atom. The molecule has 0 unspecified atom stereocenters. The van der Waals surface area contributed by atoms with E-state index in [1.165, 1.54) is 12.7 Å². The second-order valence-corrected chi connectivity index (χ2v) is 6.20. The first kappa shape index (κ1) is 16.3. The number of rotatable bonds is 4. The van der Waals surface area contributed by atoms with Crippen LogP contribution in [0.1, 0.15) is 16.7 Å². The zero-order chi connectivity index (χ0) is 16.9. The lowest BCUT2D eigenvalue weighted by Gasteiger charge is -2.11. The van der Waals surface area contributed by atoms with Gasteiger partial charge in [0.15, 0.2) is 0 Å². The molecule has 1 aliphatic rings. The van der Waals surface area contributed by atoms with Crippen LogP contribution in [0.2, 0.25) is 0 Å². The summed E-state index contributed by atoms with van der Waals surface area (Å²) in [6.45, 7) is 0. The van der Waals surface area contributed by atoms with Gasteiger partial charge in [0.05, 0.1) is 26.0 Å². The van der Waals surface area contributed by atoms with E-state index in [9.17, 15) is 4.79 Å². The van der Waals surface area contributed by atoms with Gasteiger partial charge in [0.2, 0.25) is 18.2 Å². The SMILES string of the molecule is COC(=O)Cc1ccccc1C=[N+]1SC=C(c2ccccc2)N1C. The van der Waals surface area contributed by atoms with Gasteiger partial charge in [-0.1, -0.05) is 48.5 Å². The number of hydrogen-bond acceptors (Lipinski definition) is 4. The molecule has 0 saturated carbocycles. The largest absolute Gasteiger partial charge is 0.469 e. The van der Waals surface area contributed by atoms with E-state index in [2.05, 4.69) is 26.6 Å². The van der Waals surface area contributed by atoms with Gasteiger partial charge in [0, 0.05) is 11.1 Å². The average Bonchev–Trinajstić information content (AvgIpc) is 2.98. The maximum atomic E-state index is 11.6. The predicted molar refractivity (Wildman–Crippen MR) is 97.4 cm³/mol. The highest BCUT2D eigenvalue weighted by molar-refractivity contribution is 7.96. The number of ether oxygens (including phenoxy) is 1. The number of hydrogen-bond donors (Lipinski definition) is 0. The lowest BCUT2D eigenvalue weighted by molar-refractivity contribution is -0.508. The third-order valence-corrected chi connectivity index (χ3v) is 4.75. The van der Waals surface area contributed by atoms with Crippen LogP contribution >= 0.6 is 11.9 Å². The van der Waals surface area contributed by atoms with Crippen LogP contribution in [-0.2, 0) is 16.0 Å². The molecule has 0 spiro atoms. The van der Waals surface area contributed by atoms with Crippen molar-refractivity contribution in [1.29, 1.82) is 0 Å². The number of carbonyl (C=O) groups is 1. The molecule has 1 aliphatic heterocycles. The van der Waals surface area contributed by atoms with Crippen LogP contribution in [0.15, 0.2) is 60.0 Å². The number of hydrazine groups is 1. The molecule has 122 valence electrons. The minimum Gasteiger partial charge on any atom is -0.469 e. The Labute approximate surface area is 146 Å². The lowest BCUT2D eigenvalue weighted by Crippen LogP contribution is -2.22. The summed E-state index contributed by atoms with van der Waals surface area (Å²) in [5, 5.41) is 4.21. The smallest absolute Gasteiger partial charge is 0.310 e. The number of esters is 1. The number of hydrazone groups is 1. The van der Waals surface area contributed by atoms with E-state index in [-0.39, 0.29) is 12.4 Å². The van der Waals surface area contributed by atoms with Gasteiger partial charge in [-0.05, 0) is 15.7 Å². The molecule has 0 saturated heterocycles. The number of nitrogens with zero attached hydrogens (tertiary/aromatic N) is 2. The molecule has 0 aliphatic carbocycles. The Bertz CT molecular complexity index is 800. The summed E-state index contributed by atoms with van der Waals surface area (Å²) in [7, 11) is 3.44. The summed E-state index contributed by atoms with van der Waals surface area (Å²) in [5.74, 6) is -0.235. The summed E-state index contributed by atoms with van der Waals surface area (Å²) in [6, 6.07) is 18.1. The molecular weight excluding hydrogens is 320 g/mol. The molecule has 24 heavy (non-hydrogen) atoms. The molecule has 0 fully saturated rings. The van der Waals surface area contributed by atoms with E-state index >= 15 is 0 Å². The maximum absolute atomic E-state index is 11.6. The van der Waals surface area contributed by atoms with Crippen LogP contribution < -0.4 is 0 Å². The van der Waals surface area contributed by atoms with Crippen molar-refractivity contribution in [3.05, 3.63) is 76.7 Å². The van der Waals surface area contributed by atoms with Crippen molar-refractivity contribution in [3.8, 4) is 0 Å². The zero-order valence-electron chi connectivity index (χ0n) is 13.7. The fraction of sp³-hybridized carbons (Fsp3) is 0.158. The van der Waals surface area contributed by atoms with Gasteiger partial charge < -0.3 is 4.74 Å². The van der Waals surface area contributed by atoms with Gasteiger partial charge in [-0.2, -0.15) is 0 Å². The van der Waals surface area contributed by atoms with Crippen LogP contribution in [0.25, 0.3) is 5.70 Å². The van der Waals surface area contributed by atoms with E-state index < -0.39 is 0 Å². The maximum Gasteiger partial charge on any atom is 0.310 e. The molecule has 0 amide bonds. The topological polar surface area (TPSA) is 32.6 Å². The number of benzene rings is 2. The molecule has 2 aromatic carbocycles. The molecule has 4 nitrogen and oxygen atoms in total. The van der Waals surface area contributed by atoms with Crippen molar-refractivity contribution in [2.45, 2.75) is 6.42 Å². The summed E-state index contributed by atoms with van der Waals surface area (Å²) < 4.78 is 6.84.